The number of para-hydroxylation sites is 2. The van der Waals surface area contributed by atoms with Crippen LogP contribution in [0.15, 0.2) is 230 Å². The first-order valence-corrected chi connectivity index (χ1v) is 19.4. The largest absolute Gasteiger partial charge is 0.310 e. The number of fused-ring (bicyclic) bond motifs is 5. The summed E-state index contributed by atoms with van der Waals surface area (Å²) in [7, 11) is 0. The zero-order chi connectivity index (χ0) is 44.5. The second-order valence-corrected chi connectivity index (χ2v) is 14.4. The fourth-order valence-electron chi connectivity index (χ4n) is 8.45. The van der Waals surface area contributed by atoms with Crippen LogP contribution in [0, 0.1) is 0 Å². The molecule has 0 amide bonds. The first-order valence-electron chi connectivity index (χ1n) is 22.9. The lowest BCUT2D eigenvalue weighted by molar-refractivity contribution is 1.18. The third kappa shape index (κ3) is 5.74. The van der Waals surface area contributed by atoms with Gasteiger partial charge in [-0.15, -0.1) is 0 Å². The Balaban J connectivity index is 1.08. The van der Waals surface area contributed by atoms with Crippen molar-refractivity contribution in [3.8, 4) is 39.1 Å². The van der Waals surface area contributed by atoms with Gasteiger partial charge in [0.05, 0.1) is 20.6 Å². The van der Waals surface area contributed by atoms with Crippen molar-refractivity contribution < 1.29 is 9.60 Å². The van der Waals surface area contributed by atoms with Gasteiger partial charge in [-0.05, 0) is 116 Å². The van der Waals surface area contributed by atoms with E-state index in [4.69, 9.17) is 9.60 Å². The molecule has 1 heterocycles. The highest BCUT2D eigenvalue weighted by Crippen LogP contribution is 2.43. The molecule has 2 nitrogen and oxygen atoms in total. The summed E-state index contributed by atoms with van der Waals surface area (Å²) in [6, 6.07) is 62.0. The molecular weight excluding hydrogens is 701 g/mol. The molecule has 0 fully saturated rings. The lowest BCUT2D eigenvalue weighted by Gasteiger charge is -2.26. The molecule has 0 N–H and O–H groups in total. The average Bonchev–Trinajstić information content (AvgIpc) is 3.70. The zero-order valence-corrected chi connectivity index (χ0v) is 31.3. The van der Waals surface area contributed by atoms with Crippen molar-refractivity contribution in [3.63, 3.8) is 0 Å². The molecule has 0 aliphatic heterocycles. The molecule has 10 aromatic carbocycles. The quantitative estimate of drug-likeness (QED) is 0.158. The van der Waals surface area contributed by atoms with Crippen molar-refractivity contribution in [2.75, 3.05) is 4.90 Å². The summed E-state index contributed by atoms with van der Waals surface area (Å²) in [4.78, 5) is 2.18. The van der Waals surface area contributed by atoms with E-state index in [0.29, 0.717) is 5.56 Å². The maximum absolute atomic E-state index is 8.99. The normalized spacial score (nSPS) is 13.1. The van der Waals surface area contributed by atoms with Crippen molar-refractivity contribution in [3.05, 3.63) is 230 Å². The Morgan fingerprint density at radius 2 is 0.983 bits per heavy atom. The van der Waals surface area contributed by atoms with E-state index in [1.807, 2.05) is 30.3 Å². The maximum atomic E-state index is 8.99. The van der Waals surface area contributed by atoms with Crippen LogP contribution in [0.25, 0.3) is 82.4 Å². The van der Waals surface area contributed by atoms with Gasteiger partial charge in [-0.1, -0.05) is 170 Å². The third-order valence-electron chi connectivity index (χ3n) is 11.1. The van der Waals surface area contributed by atoms with Crippen LogP contribution in [0.5, 0.6) is 0 Å². The number of anilines is 3. The van der Waals surface area contributed by atoms with Crippen LogP contribution < -0.4 is 4.90 Å². The van der Waals surface area contributed by atoms with Crippen molar-refractivity contribution >= 4 is 60.4 Å². The highest BCUT2D eigenvalue weighted by molar-refractivity contribution is 6.16. The van der Waals surface area contributed by atoms with Crippen molar-refractivity contribution in [1.82, 2.24) is 4.57 Å². The molecule has 0 aliphatic carbocycles. The molecule has 272 valence electrons. The number of aromatic nitrogens is 1. The van der Waals surface area contributed by atoms with Gasteiger partial charge in [0, 0.05) is 33.5 Å². The van der Waals surface area contributed by atoms with Gasteiger partial charge in [-0.3, -0.25) is 0 Å². The van der Waals surface area contributed by atoms with E-state index >= 15 is 0 Å². The standard InChI is InChI=1S/C56H38N2/c1-2-19-44(20-3-1)58-54-28-9-8-24-53(54)56-52(27-13-29-55(56)58)43-18-10-21-47(38-43)57(45-34-30-41(31-35-45)50-25-11-16-39-14-4-6-22-48(39)50)46-36-32-42(33-37-46)51-26-12-17-40-15-5-7-23-49(40)51/h1-38H/i4D,6D,11D,14D,16D,22D,25D. The van der Waals surface area contributed by atoms with E-state index < -0.39 is 30.2 Å². The first kappa shape index (κ1) is 27.0. The van der Waals surface area contributed by atoms with Crippen LogP contribution in [0.3, 0.4) is 0 Å². The van der Waals surface area contributed by atoms with Gasteiger partial charge < -0.3 is 9.47 Å². The van der Waals surface area contributed by atoms with Gasteiger partial charge in [0.1, 0.15) is 0 Å². The Kier molecular flexibility index (Phi) is 6.57. The van der Waals surface area contributed by atoms with Crippen LogP contribution >= 0.6 is 0 Å². The zero-order valence-electron chi connectivity index (χ0n) is 38.3. The Bertz CT molecular complexity index is 3660. The number of hydrogen-bond acceptors (Lipinski definition) is 1. The van der Waals surface area contributed by atoms with E-state index in [2.05, 4.69) is 167 Å². The summed E-state index contributed by atoms with van der Waals surface area (Å²) in [5, 5.41) is 4.65. The molecule has 11 rings (SSSR count). The van der Waals surface area contributed by atoms with Gasteiger partial charge in [-0.2, -0.15) is 0 Å². The number of benzene rings is 10. The molecule has 58 heavy (non-hydrogen) atoms. The van der Waals surface area contributed by atoms with Crippen LogP contribution in [0.1, 0.15) is 9.60 Å². The van der Waals surface area contributed by atoms with E-state index in [1.165, 1.54) is 10.8 Å². The Hall–Kier alpha value is -7.68. The molecule has 0 radical (unpaired) electrons. The van der Waals surface area contributed by atoms with E-state index in [-0.39, 0.29) is 28.4 Å². The highest BCUT2D eigenvalue weighted by Gasteiger charge is 2.19. The molecular formula is C56H38N2. The summed E-state index contributed by atoms with van der Waals surface area (Å²) in [6.45, 7) is 0. The summed E-state index contributed by atoms with van der Waals surface area (Å²) in [5.41, 5.74) is 11.0. The second-order valence-electron chi connectivity index (χ2n) is 14.4. The minimum atomic E-state index is -0.475. The molecule has 0 saturated heterocycles. The third-order valence-corrected chi connectivity index (χ3v) is 11.1. The van der Waals surface area contributed by atoms with E-state index in [0.717, 1.165) is 66.8 Å². The van der Waals surface area contributed by atoms with Crippen LogP contribution in [0.2, 0.25) is 0 Å². The minimum absolute atomic E-state index is 0.0612. The van der Waals surface area contributed by atoms with E-state index in [1.54, 1.807) is 0 Å². The Morgan fingerprint density at radius 3 is 1.81 bits per heavy atom. The fraction of sp³-hybridized carbons (Fsp3) is 0. The van der Waals surface area contributed by atoms with Crippen molar-refractivity contribution in [2.45, 2.75) is 0 Å². The number of nitrogens with zero attached hydrogens (tertiary/aromatic N) is 2. The molecule has 0 atom stereocenters. The second kappa shape index (κ2) is 14.1. The van der Waals surface area contributed by atoms with Crippen LogP contribution in [-0.4, -0.2) is 4.57 Å². The molecule has 0 aliphatic rings. The average molecular weight is 746 g/mol. The topological polar surface area (TPSA) is 8.17 Å². The molecule has 0 unspecified atom stereocenters. The van der Waals surface area contributed by atoms with Gasteiger partial charge in [0.15, 0.2) is 0 Å². The number of rotatable bonds is 7. The summed E-state index contributed by atoms with van der Waals surface area (Å²) in [5.74, 6) is 0. The SMILES string of the molecule is [2H]c1c([2H])c([2H])c2c(-c3ccc(N(c4ccc(-c5cccc6ccccc56)cc4)c4cccc(-c5cccc6c5c5ccccc5n6-c5ccccc5)c4)cc3)c([2H])c([2H])c([2H])c2c1[2H]. The predicted molar refractivity (Wildman–Crippen MR) is 247 cm³/mol. The molecule has 2 heteroatoms. The monoisotopic (exact) mass is 745 g/mol. The minimum Gasteiger partial charge on any atom is -0.310 e. The Labute approximate surface area is 348 Å². The summed E-state index contributed by atoms with van der Waals surface area (Å²) >= 11 is 0. The van der Waals surface area contributed by atoms with Crippen LogP contribution in [0.4, 0.5) is 17.1 Å². The van der Waals surface area contributed by atoms with Crippen LogP contribution in [-0.2, 0) is 0 Å². The first-order chi connectivity index (χ1) is 31.7. The van der Waals surface area contributed by atoms with Crippen molar-refractivity contribution in [1.29, 1.82) is 0 Å². The lowest BCUT2D eigenvalue weighted by atomic mass is 9.97. The molecule has 1 aromatic heterocycles. The van der Waals surface area contributed by atoms with Gasteiger partial charge in [-0.25, -0.2) is 0 Å². The molecule has 11 aromatic rings. The number of hydrogen-bond donors (Lipinski definition) is 0. The van der Waals surface area contributed by atoms with Gasteiger partial charge >= 0.3 is 0 Å². The maximum Gasteiger partial charge on any atom is 0.0629 e. The molecule has 0 spiro atoms. The Morgan fingerprint density at radius 1 is 0.362 bits per heavy atom. The smallest absolute Gasteiger partial charge is 0.0629 e. The van der Waals surface area contributed by atoms with E-state index in [9.17, 15) is 0 Å². The lowest BCUT2D eigenvalue weighted by Crippen LogP contribution is -2.10. The van der Waals surface area contributed by atoms with Crippen molar-refractivity contribution in [2.24, 2.45) is 0 Å². The summed E-state index contributed by atoms with van der Waals surface area (Å²) in [6.07, 6.45) is 0. The predicted octanol–water partition coefficient (Wildman–Crippen LogP) is 15.6. The van der Waals surface area contributed by atoms with Gasteiger partial charge in [0.2, 0.25) is 0 Å². The molecule has 0 bridgehead atoms. The van der Waals surface area contributed by atoms with Gasteiger partial charge in [0.25, 0.3) is 0 Å². The summed E-state index contributed by atoms with van der Waals surface area (Å²) < 4.78 is 62.8. The molecule has 0 saturated carbocycles. The highest BCUT2D eigenvalue weighted by atomic mass is 15.1. The fourth-order valence-corrected chi connectivity index (χ4v) is 8.45.